The molecule has 1 aromatic heterocycles. The van der Waals surface area contributed by atoms with Crippen molar-refractivity contribution < 1.29 is 19.1 Å². The molecule has 0 radical (unpaired) electrons. The molecule has 1 amide bonds. The van der Waals surface area contributed by atoms with Crippen LogP contribution in [0.2, 0.25) is 0 Å². The smallest absolute Gasteiger partial charge is 0.238 e. The van der Waals surface area contributed by atoms with Crippen LogP contribution in [-0.4, -0.2) is 55.5 Å². The Morgan fingerprint density at radius 2 is 1.58 bits per heavy atom. The van der Waals surface area contributed by atoms with Crippen LogP contribution in [0, 0.1) is 27.7 Å². The molecule has 0 atom stereocenters. The van der Waals surface area contributed by atoms with Crippen molar-refractivity contribution >= 4 is 17.4 Å². The van der Waals surface area contributed by atoms with Gasteiger partial charge in [0.25, 0.3) is 0 Å². The summed E-state index contributed by atoms with van der Waals surface area (Å²) in [5.74, 6) is 1.27. The molecule has 0 aliphatic rings. The Balaban J connectivity index is 1.61. The van der Waals surface area contributed by atoms with E-state index in [0.717, 1.165) is 46.7 Å². The van der Waals surface area contributed by atoms with Gasteiger partial charge < -0.3 is 19.4 Å². The van der Waals surface area contributed by atoms with Gasteiger partial charge in [-0.25, -0.2) is 0 Å². The first-order valence-electron chi connectivity index (χ1n) is 12.1. The van der Waals surface area contributed by atoms with Crippen LogP contribution in [0.5, 0.6) is 11.5 Å². The number of hydrogen-bond acceptors (Lipinski definition) is 5. The number of rotatable bonds is 11. The van der Waals surface area contributed by atoms with Crippen molar-refractivity contribution in [1.82, 2.24) is 9.47 Å². The maximum absolute atomic E-state index is 13.1. The molecule has 0 bridgehead atoms. The van der Waals surface area contributed by atoms with Gasteiger partial charge >= 0.3 is 0 Å². The molecule has 0 aliphatic heterocycles. The molecule has 0 unspecified atom stereocenters. The van der Waals surface area contributed by atoms with Gasteiger partial charge in [0.1, 0.15) is 0 Å². The molecule has 36 heavy (non-hydrogen) atoms. The van der Waals surface area contributed by atoms with Crippen LogP contribution in [0.1, 0.15) is 38.4 Å². The molecule has 0 spiro atoms. The third-order valence-corrected chi connectivity index (χ3v) is 6.52. The first-order chi connectivity index (χ1) is 17.1. The fourth-order valence-corrected chi connectivity index (χ4v) is 4.53. The zero-order chi connectivity index (χ0) is 26.4. The highest BCUT2D eigenvalue weighted by molar-refractivity contribution is 5.99. The lowest BCUT2D eigenvalue weighted by molar-refractivity contribution is -0.116. The van der Waals surface area contributed by atoms with E-state index in [1.54, 1.807) is 26.2 Å². The van der Waals surface area contributed by atoms with Gasteiger partial charge in [-0.1, -0.05) is 24.3 Å². The minimum Gasteiger partial charge on any atom is -0.493 e. The van der Waals surface area contributed by atoms with E-state index in [9.17, 15) is 9.59 Å². The molecule has 0 fully saturated rings. The van der Waals surface area contributed by atoms with E-state index in [0.29, 0.717) is 17.1 Å². The van der Waals surface area contributed by atoms with Crippen molar-refractivity contribution in [1.29, 1.82) is 0 Å². The summed E-state index contributed by atoms with van der Waals surface area (Å²) < 4.78 is 12.9. The molecule has 1 N–H and O–H groups in total. The van der Waals surface area contributed by atoms with Gasteiger partial charge in [0.05, 0.1) is 27.3 Å². The molecule has 192 valence electrons. The molecule has 0 saturated carbocycles. The summed E-state index contributed by atoms with van der Waals surface area (Å²) in [6, 6.07) is 13.8. The van der Waals surface area contributed by atoms with Crippen molar-refractivity contribution in [3.05, 3.63) is 76.1 Å². The minimum absolute atomic E-state index is 0.00263. The topological polar surface area (TPSA) is 72.8 Å². The van der Waals surface area contributed by atoms with Gasteiger partial charge in [-0.05, 0) is 76.1 Å². The maximum Gasteiger partial charge on any atom is 0.238 e. The Hall–Kier alpha value is -3.58. The predicted molar refractivity (Wildman–Crippen MR) is 144 cm³/mol. The average Bonchev–Trinajstić information content (AvgIpc) is 3.13. The molecular formula is C29H37N3O4. The third kappa shape index (κ3) is 6.34. The number of ether oxygens (including phenoxy) is 2. The number of likely N-dealkylation sites (N-methyl/N-ethyl adjacent to an activating group) is 1. The van der Waals surface area contributed by atoms with Crippen molar-refractivity contribution in [2.24, 2.45) is 0 Å². The van der Waals surface area contributed by atoms with Gasteiger partial charge in [-0.3, -0.25) is 14.5 Å². The lowest BCUT2D eigenvalue weighted by Gasteiger charge is -2.17. The normalized spacial score (nSPS) is 11.0. The maximum atomic E-state index is 13.1. The van der Waals surface area contributed by atoms with Crippen LogP contribution in [-0.2, 0) is 17.8 Å². The number of anilines is 1. The molecule has 2 aromatic carbocycles. The third-order valence-electron chi connectivity index (χ3n) is 6.52. The van der Waals surface area contributed by atoms with Gasteiger partial charge in [-0.15, -0.1) is 0 Å². The lowest BCUT2D eigenvalue weighted by atomic mass is 10.1. The second kappa shape index (κ2) is 11.9. The fraction of sp³-hybridized carbons (Fsp3) is 0.379. The monoisotopic (exact) mass is 491 g/mol. The molecular weight excluding hydrogens is 454 g/mol. The van der Waals surface area contributed by atoms with Crippen LogP contribution >= 0.6 is 0 Å². The van der Waals surface area contributed by atoms with Gasteiger partial charge in [-0.2, -0.15) is 0 Å². The standard InChI is InChI=1S/C29H37N3O4/c1-19-9-8-10-20(2)29(19)30-28(34)18-31(5)17-25(33)24-15-21(3)32(22(24)4)14-13-23-11-12-26(35-6)27(16-23)36-7/h8-12,15-16H,13-14,17-18H2,1-7H3,(H,30,34). The Labute approximate surface area is 214 Å². The number of nitrogens with one attached hydrogen (secondary N) is 1. The quantitative estimate of drug-likeness (QED) is 0.393. The zero-order valence-electron chi connectivity index (χ0n) is 22.4. The van der Waals surface area contributed by atoms with Crippen LogP contribution < -0.4 is 14.8 Å². The van der Waals surface area contributed by atoms with E-state index in [1.807, 2.05) is 70.2 Å². The molecule has 0 aliphatic carbocycles. The zero-order valence-corrected chi connectivity index (χ0v) is 22.4. The van der Waals surface area contributed by atoms with Crippen LogP contribution in [0.4, 0.5) is 5.69 Å². The lowest BCUT2D eigenvalue weighted by Crippen LogP contribution is -2.34. The number of carbonyl (C=O) groups is 2. The number of hydrogen-bond donors (Lipinski definition) is 1. The van der Waals surface area contributed by atoms with E-state index >= 15 is 0 Å². The number of methoxy groups -OCH3 is 2. The van der Waals surface area contributed by atoms with E-state index in [2.05, 4.69) is 9.88 Å². The first-order valence-corrected chi connectivity index (χ1v) is 12.1. The Bertz CT molecular complexity index is 1230. The average molecular weight is 492 g/mol. The van der Waals surface area contributed by atoms with E-state index < -0.39 is 0 Å². The number of Topliss-reactive ketones (excluding diaryl/α,β-unsaturated/α-hetero) is 1. The van der Waals surface area contributed by atoms with Crippen LogP contribution in [0.25, 0.3) is 0 Å². The number of amides is 1. The molecule has 3 aromatic rings. The van der Waals surface area contributed by atoms with Crippen LogP contribution in [0.3, 0.4) is 0 Å². The number of nitrogens with zero attached hydrogens (tertiary/aromatic N) is 2. The molecule has 0 saturated heterocycles. The van der Waals surface area contributed by atoms with Gasteiger partial charge in [0.2, 0.25) is 5.91 Å². The first kappa shape index (κ1) is 27.0. The molecule has 3 rings (SSSR count). The second-order valence-electron chi connectivity index (χ2n) is 9.29. The summed E-state index contributed by atoms with van der Waals surface area (Å²) in [6.07, 6.45) is 0.794. The van der Waals surface area contributed by atoms with Crippen molar-refractivity contribution in [2.75, 3.05) is 39.7 Å². The second-order valence-corrected chi connectivity index (χ2v) is 9.29. The van der Waals surface area contributed by atoms with Crippen LogP contribution in [0.15, 0.2) is 42.5 Å². The van der Waals surface area contributed by atoms with E-state index in [1.165, 1.54) is 0 Å². The summed E-state index contributed by atoms with van der Waals surface area (Å²) in [5, 5.41) is 2.98. The SMILES string of the molecule is COc1ccc(CCn2c(C)cc(C(=O)CN(C)CC(=O)Nc3c(C)cccc3C)c2C)cc1OC. The Kier molecular flexibility index (Phi) is 8.93. The minimum atomic E-state index is -0.136. The highest BCUT2D eigenvalue weighted by Gasteiger charge is 2.19. The summed E-state index contributed by atoms with van der Waals surface area (Å²) in [4.78, 5) is 27.4. The molecule has 1 heterocycles. The number of carbonyl (C=O) groups excluding carboxylic acids is 2. The Morgan fingerprint density at radius 1 is 0.917 bits per heavy atom. The van der Waals surface area contributed by atoms with Gasteiger partial charge in [0.15, 0.2) is 17.3 Å². The Morgan fingerprint density at radius 3 is 2.22 bits per heavy atom. The summed E-state index contributed by atoms with van der Waals surface area (Å²) in [5.41, 5.74) is 6.66. The van der Waals surface area contributed by atoms with Gasteiger partial charge in [0, 0.05) is 29.2 Å². The van der Waals surface area contributed by atoms with Crippen molar-refractivity contribution in [2.45, 2.75) is 40.7 Å². The predicted octanol–water partition coefficient (Wildman–Crippen LogP) is 4.73. The highest BCUT2D eigenvalue weighted by Crippen LogP contribution is 2.28. The summed E-state index contributed by atoms with van der Waals surface area (Å²) in [7, 11) is 5.04. The number of aromatic nitrogens is 1. The van der Waals surface area contributed by atoms with Crippen molar-refractivity contribution in [3.63, 3.8) is 0 Å². The molecule has 7 nitrogen and oxygen atoms in total. The summed E-state index contributed by atoms with van der Waals surface area (Å²) in [6.45, 7) is 8.97. The van der Waals surface area contributed by atoms with E-state index in [-0.39, 0.29) is 24.8 Å². The van der Waals surface area contributed by atoms with Crippen molar-refractivity contribution in [3.8, 4) is 11.5 Å². The highest BCUT2D eigenvalue weighted by atomic mass is 16.5. The number of ketones is 1. The summed E-state index contributed by atoms with van der Waals surface area (Å²) >= 11 is 0. The van der Waals surface area contributed by atoms with E-state index in [4.69, 9.17) is 9.47 Å². The fourth-order valence-electron chi connectivity index (χ4n) is 4.53. The largest absolute Gasteiger partial charge is 0.493 e. The molecule has 7 heteroatoms. The number of aryl methyl sites for hydroxylation is 4. The number of para-hydroxylation sites is 1. The number of benzene rings is 2.